The van der Waals surface area contributed by atoms with Crippen LogP contribution in [0.1, 0.15) is 48.2 Å². The van der Waals surface area contributed by atoms with Gasteiger partial charge in [0.15, 0.2) is 5.69 Å². The molecule has 0 atom stereocenters. The molecule has 2 amide bonds. The quantitative estimate of drug-likeness (QED) is 0.894. The Hall–Kier alpha value is -2.63. The first-order chi connectivity index (χ1) is 12.0. The normalized spacial score (nSPS) is 15.0. The summed E-state index contributed by atoms with van der Waals surface area (Å²) in [5, 5.41) is 9.94. The summed E-state index contributed by atoms with van der Waals surface area (Å²) < 4.78 is 1.53. The van der Waals surface area contributed by atoms with Crippen molar-refractivity contribution >= 4 is 23.3 Å². The van der Waals surface area contributed by atoms with Crippen molar-refractivity contribution in [2.24, 2.45) is 13.0 Å². The molecule has 0 unspecified atom stereocenters. The smallest absolute Gasteiger partial charge is 0.276 e. The zero-order valence-electron chi connectivity index (χ0n) is 14.7. The summed E-state index contributed by atoms with van der Waals surface area (Å²) in [5.41, 5.74) is 2.12. The summed E-state index contributed by atoms with van der Waals surface area (Å²) in [6, 6.07) is 9.18. The van der Waals surface area contributed by atoms with Gasteiger partial charge in [0.2, 0.25) is 5.91 Å². The van der Waals surface area contributed by atoms with Crippen LogP contribution >= 0.6 is 0 Å². The molecule has 1 saturated carbocycles. The zero-order chi connectivity index (χ0) is 17.8. The van der Waals surface area contributed by atoms with Crippen molar-refractivity contribution in [3.05, 3.63) is 41.6 Å². The summed E-state index contributed by atoms with van der Waals surface area (Å²) >= 11 is 0. The number of aromatic nitrogens is 2. The molecule has 0 radical (unpaired) electrons. The Morgan fingerprint density at radius 2 is 1.76 bits per heavy atom. The molecule has 0 bridgehead atoms. The van der Waals surface area contributed by atoms with Crippen molar-refractivity contribution in [2.75, 3.05) is 10.6 Å². The molecule has 25 heavy (non-hydrogen) atoms. The van der Waals surface area contributed by atoms with Crippen LogP contribution in [0.25, 0.3) is 0 Å². The van der Waals surface area contributed by atoms with Crippen LogP contribution in [0.5, 0.6) is 0 Å². The number of benzene rings is 1. The molecule has 2 N–H and O–H groups in total. The monoisotopic (exact) mass is 340 g/mol. The van der Waals surface area contributed by atoms with Crippen LogP contribution in [0, 0.1) is 12.8 Å². The third-order valence-corrected chi connectivity index (χ3v) is 4.65. The summed E-state index contributed by atoms with van der Waals surface area (Å²) in [6.45, 7) is 1.99. The van der Waals surface area contributed by atoms with E-state index in [-0.39, 0.29) is 23.4 Å². The highest BCUT2D eigenvalue weighted by Gasteiger charge is 2.22. The van der Waals surface area contributed by atoms with Gasteiger partial charge >= 0.3 is 0 Å². The Morgan fingerprint density at radius 1 is 1.08 bits per heavy atom. The van der Waals surface area contributed by atoms with Crippen LogP contribution in [0.15, 0.2) is 30.3 Å². The van der Waals surface area contributed by atoms with Crippen molar-refractivity contribution in [1.82, 2.24) is 9.78 Å². The molecular weight excluding hydrogens is 316 g/mol. The average molecular weight is 340 g/mol. The molecule has 1 aromatic carbocycles. The third kappa shape index (κ3) is 4.26. The van der Waals surface area contributed by atoms with Crippen LogP contribution in [0.3, 0.4) is 0 Å². The van der Waals surface area contributed by atoms with Gasteiger partial charge in [0, 0.05) is 24.7 Å². The van der Waals surface area contributed by atoms with E-state index in [9.17, 15) is 9.59 Å². The summed E-state index contributed by atoms with van der Waals surface area (Å²) in [4.78, 5) is 24.7. The topological polar surface area (TPSA) is 76.0 Å². The number of hydrogen-bond acceptors (Lipinski definition) is 3. The van der Waals surface area contributed by atoms with Crippen molar-refractivity contribution < 1.29 is 9.59 Å². The predicted octanol–water partition coefficient (Wildman–Crippen LogP) is 3.50. The Morgan fingerprint density at radius 3 is 2.44 bits per heavy atom. The molecular formula is C19H24N4O2. The maximum absolute atomic E-state index is 12.4. The lowest BCUT2D eigenvalue weighted by Gasteiger charge is -2.20. The molecule has 0 aliphatic heterocycles. The average Bonchev–Trinajstić information content (AvgIpc) is 2.98. The number of nitrogens with zero attached hydrogens (tertiary/aromatic N) is 2. The molecule has 0 spiro atoms. The number of anilines is 2. The zero-order valence-corrected chi connectivity index (χ0v) is 14.7. The maximum atomic E-state index is 12.4. The fourth-order valence-electron chi connectivity index (χ4n) is 3.12. The second kappa shape index (κ2) is 7.51. The number of nitrogens with one attached hydrogen (secondary N) is 2. The van der Waals surface area contributed by atoms with Crippen molar-refractivity contribution in [3.8, 4) is 0 Å². The third-order valence-electron chi connectivity index (χ3n) is 4.65. The first-order valence-corrected chi connectivity index (χ1v) is 8.76. The maximum Gasteiger partial charge on any atom is 0.276 e. The van der Waals surface area contributed by atoms with E-state index in [1.54, 1.807) is 13.1 Å². The predicted molar refractivity (Wildman–Crippen MR) is 97.5 cm³/mol. The van der Waals surface area contributed by atoms with E-state index in [1.165, 1.54) is 11.1 Å². The van der Waals surface area contributed by atoms with Gasteiger partial charge in [-0.15, -0.1) is 0 Å². The van der Waals surface area contributed by atoms with Crippen molar-refractivity contribution in [2.45, 2.75) is 39.0 Å². The van der Waals surface area contributed by atoms with Gasteiger partial charge in [0.1, 0.15) is 5.82 Å². The lowest BCUT2D eigenvalue weighted by atomic mass is 9.89. The fourth-order valence-corrected chi connectivity index (χ4v) is 3.12. The number of rotatable bonds is 4. The molecule has 1 fully saturated rings. The van der Waals surface area contributed by atoms with Crippen molar-refractivity contribution in [3.63, 3.8) is 0 Å². The lowest BCUT2D eigenvalue weighted by Crippen LogP contribution is -2.25. The highest BCUT2D eigenvalue weighted by molar-refractivity contribution is 6.04. The van der Waals surface area contributed by atoms with Gasteiger partial charge in [-0.1, -0.05) is 37.0 Å². The van der Waals surface area contributed by atoms with Crippen LogP contribution < -0.4 is 10.6 Å². The van der Waals surface area contributed by atoms with E-state index in [0.29, 0.717) is 11.5 Å². The molecule has 6 heteroatoms. The Balaban J connectivity index is 1.65. The van der Waals surface area contributed by atoms with Crippen LogP contribution in [-0.4, -0.2) is 21.6 Å². The molecule has 132 valence electrons. The SMILES string of the molecule is Cc1ccc(NC(=O)c2cc(NC(=O)C3CCCCC3)n(C)n2)cc1. The molecule has 1 aliphatic rings. The number of carbonyl (C=O) groups excluding carboxylic acids is 2. The molecule has 1 aliphatic carbocycles. The second-order valence-corrected chi connectivity index (χ2v) is 6.68. The van der Waals surface area contributed by atoms with E-state index >= 15 is 0 Å². The minimum atomic E-state index is -0.294. The van der Waals surface area contributed by atoms with Gasteiger partial charge in [-0.05, 0) is 31.9 Å². The minimum absolute atomic E-state index is 0.0215. The molecule has 2 aromatic rings. The summed E-state index contributed by atoms with van der Waals surface area (Å²) in [6.07, 6.45) is 5.29. The molecule has 1 heterocycles. The molecule has 1 aromatic heterocycles. The lowest BCUT2D eigenvalue weighted by molar-refractivity contribution is -0.120. The minimum Gasteiger partial charge on any atom is -0.321 e. The van der Waals surface area contributed by atoms with Gasteiger partial charge in [0.05, 0.1) is 0 Å². The van der Waals surface area contributed by atoms with E-state index < -0.39 is 0 Å². The number of aryl methyl sites for hydroxylation is 2. The Kier molecular flexibility index (Phi) is 5.16. The number of carbonyl (C=O) groups is 2. The highest BCUT2D eigenvalue weighted by Crippen LogP contribution is 2.25. The first-order valence-electron chi connectivity index (χ1n) is 8.76. The van der Waals surface area contributed by atoms with Crippen LogP contribution in [0.4, 0.5) is 11.5 Å². The highest BCUT2D eigenvalue weighted by atomic mass is 16.2. The molecule has 6 nitrogen and oxygen atoms in total. The van der Waals surface area contributed by atoms with Gasteiger partial charge in [0.25, 0.3) is 5.91 Å². The fraction of sp³-hybridized carbons (Fsp3) is 0.421. The Labute approximate surface area is 147 Å². The summed E-state index contributed by atoms with van der Waals surface area (Å²) in [7, 11) is 1.72. The van der Waals surface area contributed by atoms with E-state index in [0.717, 1.165) is 31.2 Å². The number of hydrogen-bond donors (Lipinski definition) is 2. The van der Waals surface area contributed by atoms with Crippen molar-refractivity contribution in [1.29, 1.82) is 0 Å². The van der Waals surface area contributed by atoms with Crippen LogP contribution in [0.2, 0.25) is 0 Å². The first kappa shape index (κ1) is 17.2. The molecule has 0 saturated heterocycles. The van der Waals surface area contributed by atoms with E-state index in [2.05, 4.69) is 15.7 Å². The van der Waals surface area contributed by atoms with Gasteiger partial charge < -0.3 is 10.6 Å². The second-order valence-electron chi connectivity index (χ2n) is 6.68. The molecule has 3 rings (SSSR count). The standard InChI is InChI=1S/C19H24N4O2/c1-13-8-10-15(11-9-13)20-19(25)16-12-17(23(2)22-16)21-18(24)14-6-4-3-5-7-14/h8-12,14H,3-7H2,1-2H3,(H,20,25)(H,21,24). The van der Waals surface area contributed by atoms with E-state index in [4.69, 9.17) is 0 Å². The van der Waals surface area contributed by atoms with Gasteiger partial charge in [-0.25, -0.2) is 0 Å². The van der Waals surface area contributed by atoms with Crippen LogP contribution in [-0.2, 0) is 11.8 Å². The largest absolute Gasteiger partial charge is 0.321 e. The Bertz CT molecular complexity index is 758. The van der Waals surface area contributed by atoms with Gasteiger partial charge in [-0.3, -0.25) is 14.3 Å². The van der Waals surface area contributed by atoms with Gasteiger partial charge in [-0.2, -0.15) is 5.10 Å². The van der Waals surface area contributed by atoms with E-state index in [1.807, 2.05) is 31.2 Å². The number of amides is 2. The summed E-state index contributed by atoms with van der Waals surface area (Å²) in [5.74, 6) is 0.337.